The third kappa shape index (κ3) is 6.72. The first-order valence-corrected chi connectivity index (χ1v) is 12.9. The van der Waals surface area contributed by atoms with Gasteiger partial charge in [0.25, 0.3) is 0 Å². The summed E-state index contributed by atoms with van der Waals surface area (Å²) >= 11 is 8.06. The van der Waals surface area contributed by atoms with Crippen LogP contribution in [0.5, 0.6) is 5.75 Å². The molecule has 8 heteroatoms. The van der Waals surface area contributed by atoms with Gasteiger partial charge in [-0.3, -0.25) is 9.69 Å². The molecule has 34 heavy (non-hydrogen) atoms. The number of hydrogen-bond acceptors (Lipinski definition) is 7. The van der Waals surface area contributed by atoms with Crippen molar-refractivity contribution in [2.75, 3.05) is 50.8 Å². The van der Waals surface area contributed by atoms with Crippen molar-refractivity contribution < 1.29 is 14.3 Å². The van der Waals surface area contributed by atoms with Gasteiger partial charge in [0.1, 0.15) is 12.4 Å². The fourth-order valence-electron chi connectivity index (χ4n) is 3.96. The van der Waals surface area contributed by atoms with Gasteiger partial charge in [-0.25, -0.2) is 4.98 Å². The number of halogens is 1. The molecule has 1 fully saturated rings. The summed E-state index contributed by atoms with van der Waals surface area (Å²) in [6.45, 7) is 7.46. The van der Waals surface area contributed by atoms with Crippen molar-refractivity contribution in [1.82, 2.24) is 9.88 Å². The van der Waals surface area contributed by atoms with Crippen molar-refractivity contribution in [3.05, 3.63) is 65.3 Å². The number of benzene rings is 2. The maximum atomic E-state index is 11.8. The summed E-state index contributed by atoms with van der Waals surface area (Å²) in [6.07, 6.45) is 3.27. The van der Waals surface area contributed by atoms with Crippen LogP contribution in [0.1, 0.15) is 18.9 Å². The third-order valence-corrected chi connectivity index (χ3v) is 7.14. The van der Waals surface area contributed by atoms with Gasteiger partial charge in [-0.15, -0.1) is 0 Å². The second-order valence-corrected chi connectivity index (χ2v) is 9.57. The summed E-state index contributed by atoms with van der Waals surface area (Å²) < 4.78 is 11.0. The van der Waals surface area contributed by atoms with Crippen LogP contribution in [-0.4, -0.2) is 61.8 Å². The molecule has 1 saturated heterocycles. The van der Waals surface area contributed by atoms with E-state index in [4.69, 9.17) is 21.1 Å². The van der Waals surface area contributed by atoms with E-state index in [1.54, 1.807) is 24.3 Å². The lowest BCUT2D eigenvalue weighted by Gasteiger charge is -2.21. The van der Waals surface area contributed by atoms with Crippen molar-refractivity contribution in [2.24, 2.45) is 0 Å². The zero-order valence-electron chi connectivity index (χ0n) is 19.4. The van der Waals surface area contributed by atoms with Crippen LogP contribution in [0.4, 0.5) is 5.13 Å². The Morgan fingerprint density at radius 1 is 1.12 bits per heavy atom. The highest BCUT2D eigenvalue weighted by Gasteiger charge is 2.18. The highest BCUT2D eigenvalue weighted by Crippen LogP contribution is 2.31. The summed E-state index contributed by atoms with van der Waals surface area (Å²) in [5.41, 5.74) is 2.05. The number of ether oxygens (including phenoxy) is 2. The van der Waals surface area contributed by atoms with Crippen LogP contribution in [0.3, 0.4) is 0 Å². The number of carbonyl (C=O) groups excluding carboxylic acids is 1. The van der Waals surface area contributed by atoms with Crippen LogP contribution in [0.25, 0.3) is 10.4 Å². The molecule has 4 rings (SSSR count). The number of thiazole rings is 1. The largest absolute Gasteiger partial charge is 0.491 e. The first kappa shape index (κ1) is 24.5. The second kappa shape index (κ2) is 12.2. The van der Waals surface area contributed by atoms with Gasteiger partial charge in [0.15, 0.2) is 5.13 Å². The quantitative estimate of drug-likeness (QED) is 0.379. The number of nitrogens with zero attached hydrogens (tertiary/aromatic N) is 3. The van der Waals surface area contributed by atoms with Gasteiger partial charge in [0.05, 0.1) is 22.9 Å². The molecule has 2 heterocycles. The molecule has 1 aliphatic rings. The molecule has 0 aliphatic carbocycles. The Labute approximate surface area is 210 Å². The van der Waals surface area contributed by atoms with Gasteiger partial charge in [-0.1, -0.05) is 59.3 Å². The molecule has 2 aromatic carbocycles. The molecular weight excluding hydrogens is 470 g/mol. The Kier molecular flexibility index (Phi) is 8.79. The Morgan fingerprint density at radius 3 is 2.79 bits per heavy atom. The Morgan fingerprint density at radius 2 is 1.97 bits per heavy atom. The van der Waals surface area contributed by atoms with E-state index in [9.17, 15) is 4.79 Å². The zero-order valence-corrected chi connectivity index (χ0v) is 21.0. The SMILES string of the molecule is CCOC(=O)Cc1ccc(Cl)c(OCCN2CCCN(c3ncc(-c4ccccc4)s3)CC2)c1. The molecule has 0 radical (unpaired) electrons. The molecule has 0 saturated carbocycles. The Balaban J connectivity index is 1.27. The first-order valence-electron chi connectivity index (χ1n) is 11.7. The van der Waals surface area contributed by atoms with Crippen molar-refractivity contribution in [2.45, 2.75) is 19.8 Å². The van der Waals surface area contributed by atoms with Crippen molar-refractivity contribution in [3.63, 3.8) is 0 Å². The predicted octanol–water partition coefficient (Wildman–Crippen LogP) is 5.16. The fraction of sp³-hybridized carbons (Fsp3) is 0.385. The monoisotopic (exact) mass is 499 g/mol. The maximum absolute atomic E-state index is 11.8. The van der Waals surface area contributed by atoms with Crippen LogP contribution < -0.4 is 9.64 Å². The van der Waals surface area contributed by atoms with E-state index in [1.807, 2.05) is 24.4 Å². The van der Waals surface area contributed by atoms with E-state index in [0.29, 0.717) is 24.0 Å². The average Bonchev–Trinajstić information content (AvgIpc) is 3.22. The van der Waals surface area contributed by atoms with Crippen LogP contribution in [-0.2, 0) is 16.0 Å². The summed E-state index contributed by atoms with van der Waals surface area (Å²) in [5.74, 6) is 0.358. The number of rotatable bonds is 9. The Hall–Kier alpha value is -2.61. The van der Waals surface area contributed by atoms with Crippen LogP contribution in [0.15, 0.2) is 54.7 Å². The summed E-state index contributed by atoms with van der Waals surface area (Å²) in [4.78, 5) is 22.4. The zero-order chi connectivity index (χ0) is 23.8. The summed E-state index contributed by atoms with van der Waals surface area (Å²) in [6, 6.07) is 15.8. The van der Waals surface area contributed by atoms with Crippen LogP contribution in [0, 0.1) is 0 Å². The molecule has 0 spiro atoms. The Bertz CT molecular complexity index is 1080. The second-order valence-electron chi connectivity index (χ2n) is 8.15. The predicted molar refractivity (Wildman–Crippen MR) is 138 cm³/mol. The van der Waals surface area contributed by atoms with Crippen molar-refractivity contribution in [3.8, 4) is 16.2 Å². The minimum Gasteiger partial charge on any atom is -0.491 e. The smallest absolute Gasteiger partial charge is 0.310 e. The molecule has 0 amide bonds. The average molecular weight is 500 g/mol. The lowest BCUT2D eigenvalue weighted by atomic mass is 10.1. The lowest BCUT2D eigenvalue weighted by molar-refractivity contribution is -0.142. The maximum Gasteiger partial charge on any atom is 0.310 e. The number of anilines is 1. The molecule has 3 aromatic rings. The van der Waals surface area contributed by atoms with Crippen LogP contribution >= 0.6 is 22.9 Å². The van der Waals surface area contributed by atoms with Crippen molar-refractivity contribution >= 4 is 34.0 Å². The van der Waals surface area contributed by atoms with Gasteiger partial charge in [-0.05, 0) is 36.6 Å². The number of hydrogen-bond donors (Lipinski definition) is 0. The lowest BCUT2D eigenvalue weighted by Crippen LogP contribution is -2.33. The topological polar surface area (TPSA) is 54.9 Å². The molecular formula is C26H30ClN3O3S. The molecule has 180 valence electrons. The van der Waals surface area contributed by atoms with E-state index in [0.717, 1.165) is 49.8 Å². The van der Waals surface area contributed by atoms with Gasteiger partial charge in [0.2, 0.25) is 0 Å². The molecule has 1 aromatic heterocycles. The minimum absolute atomic E-state index is 0.214. The third-order valence-electron chi connectivity index (χ3n) is 5.73. The molecule has 0 unspecified atom stereocenters. The molecule has 1 aliphatic heterocycles. The highest BCUT2D eigenvalue weighted by atomic mass is 35.5. The molecule has 0 bridgehead atoms. The number of esters is 1. The highest BCUT2D eigenvalue weighted by molar-refractivity contribution is 7.18. The summed E-state index contributed by atoms with van der Waals surface area (Å²) in [5, 5.41) is 1.63. The minimum atomic E-state index is -0.249. The molecule has 0 N–H and O–H groups in total. The van der Waals surface area contributed by atoms with Crippen molar-refractivity contribution in [1.29, 1.82) is 0 Å². The molecule has 6 nitrogen and oxygen atoms in total. The van der Waals surface area contributed by atoms with Gasteiger partial charge in [-0.2, -0.15) is 0 Å². The number of carbonyl (C=O) groups is 1. The summed E-state index contributed by atoms with van der Waals surface area (Å²) in [7, 11) is 0. The van der Waals surface area contributed by atoms with Crippen LogP contribution in [0.2, 0.25) is 5.02 Å². The van der Waals surface area contributed by atoms with E-state index in [-0.39, 0.29) is 12.4 Å². The van der Waals surface area contributed by atoms with E-state index < -0.39 is 0 Å². The first-order chi connectivity index (χ1) is 16.6. The van der Waals surface area contributed by atoms with E-state index in [1.165, 1.54) is 10.4 Å². The van der Waals surface area contributed by atoms with Gasteiger partial charge in [0, 0.05) is 38.9 Å². The van der Waals surface area contributed by atoms with Gasteiger partial charge >= 0.3 is 5.97 Å². The van der Waals surface area contributed by atoms with Gasteiger partial charge < -0.3 is 14.4 Å². The molecule has 0 atom stereocenters. The van der Waals surface area contributed by atoms with E-state index in [2.05, 4.69) is 39.0 Å². The standard InChI is InChI=1S/C26H30ClN3O3S/c1-2-32-25(31)18-20-9-10-22(27)23(17-20)33-16-15-29-11-6-12-30(14-13-29)26-28-19-24(34-26)21-7-4-3-5-8-21/h3-5,7-10,17,19H,2,6,11-16,18H2,1H3. The fourth-order valence-corrected chi connectivity index (χ4v) is 5.11. The number of aromatic nitrogens is 1. The van der Waals surface area contributed by atoms with E-state index >= 15 is 0 Å². The normalized spacial score (nSPS) is 14.6.